The fourth-order valence-electron chi connectivity index (χ4n) is 1.59. The number of aliphatic hydroxyl groups is 1. The molecule has 5 nitrogen and oxygen atoms in total. The molecule has 0 aliphatic rings. The van der Waals surface area contributed by atoms with E-state index in [1.807, 2.05) is 24.3 Å². The predicted molar refractivity (Wildman–Crippen MR) is 73.6 cm³/mol. The molecule has 0 aliphatic carbocycles. The number of hydrogen-bond donors (Lipinski definition) is 3. The smallest absolute Gasteiger partial charge is 0.233 e. The van der Waals surface area contributed by atoms with Gasteiger partial charge in [-0.3, -0.25) is 4.79 Å². The summed E-state index contributed by atoms with van der Waals surface area (Å²) in [4.78, 5) is 11.4. The molecular formula is C14H22N2O3. The summed E-state index contributed by atoms with van der Waals surface area (Å²) < 4.78 is 4.90. The molecule has 1 aromatic rings. The Morgan fingerprint density at radius 1 is 1.26 bits per heavy atom. The number of carbonyl (C=O) groups is 1. The number of amides is 1. The third-order valence-corrected chi connectivity index (χ3v) is 2.67. The lowest BCUT2D eigenvalue weighted by Crippen LogP contribution is -2.34. The van der Waals surface area contributed by atoms with Crippen LogP contribution in [0.15, 0.2) is 24.3 Å². The number of ether oxygens (including phenoxy) is 1. The Kier molecular flexibility index (Phi) is 7.81. The van der Waals surface area contributed by atoms with Crippen molar-refractivity contribution in [1.82, 2.24) is 10.6 Å². The molecule has 19 heavy (non-hydrogen) atoms. The monoisotopic (exact) mass is 266 g/mol. The van der Waals surface area contributed by atoms with Crippen molar-refractivity contribution in [2.75, 3.05) is 26.8 Å². The molecule has 0 aromatic heterocycles. The lowest BCUT2D eigenvalue weighted by atomic mass is 10.1. The van der Waals surface area contributed by atoms with Gasteiger partial charge in [-0.1, -0.05) is 24.3 Å². The molecule has 0 fully saturated rings. The minimum Gasteiger partial charge on any atom is -0.392 e. The van der Waals surface area contributed by atoms with Crippen molar-refractivity contribution < 1.29 is 14.6 Å². The molecule has 0 aliphatic heterocycles. The Morgan fingerprint density at radius 3 is 2.58 bits per heavy atom. The molecular weight excluding hydrogens is 244 g/mol. The minimum absolute atomic E-state index is 0.0110. The number of carbonyl (C=O) groups excluding carboxylic acids is 1. The first kappa shape index (κ1) is 15.6. The van der Waals surface area contributed by atoms with Crippen molar-refractivity contribution in [1.29, 1.82) is 0 Å². The van der Waals surface area contributed by atoms with Crippen LogP contribution < -0.4 is 10.6 Å². The first-order chi connectivity index (χ1) is 9.26. The van der Waals surface area contributed by atoms with E-state index >= 15 is 0 Å². The van der Waals surface area contributed by atoms with Gasteiger partial charge in [0.2, 0.25) is 5.91 Å². The number of aliphatic hydroxyl groups excluding tert-OH is 1. The van der Waals surface area contributed by atoms with Gasteiger partial charge >= 0.3 is 0 Å². The van der Waals surface area contributed by atoms with Crippen LogP contribution in [0.1, 0.15) is 17.5 Å². The zero-order valence-electron chi connectivity index (χ0n) is 11.3. The first-order valence-electron chi connectivity index (χ1n) is 6.41. The fraction of sp³-hybridized carbons (Fsp3) is 0.500. The summed E-state index contributed by atoms with van der Waals surface area (Å²) in [5, 5.41) is 14.8. The quantitative estimate of drug-likeness (QED) is 0.567. The van der Waals surface area contributed by atoms with Crippen LogP contribution in [0.25, 0.3) is 0 Å². The summed E-state index contributed by atoms with van der Waals surface area (Å²) in [6.07, 6.45) is 0.824. The maximum atomic E-state index is 11.4. The van der Waals surface area contributed by atoms with E-state index in [0.717, 1.165) is 17.5 Å². The number of nitrogens with one attached hydrogen (secondary N) is 2. The number of rotatable bonds is 9. The maximum absolute atomic E-state index is 11.4. The van der Waals surface area contributed by atoms with Crippen molar-refractivity contribution >= 4 is 5.91 Å². The average molecular weight is 266 g/mol. The van der Waals surface area contributed by atoms with E-state index in [9.17, 15) is 4.79 Å². The van der Waals surface area contributed by atoms with Crippen molar-refractivity contribution in [3.63, 3.8) is 0 Å². The molecule has 0 saturated carbocycles. The lowest BCUT2D eigenvalue weighted by Gasteiger charge is -2.07. The molecule has 1 aromatic carbocycles. The van der Waals surface area contributed by atoms with Crippen LogP contribution in [0, 0.1) is 0 Å². The number of benzene rings is 1. The van der Waals surface area contributed by atoms with Crippen LogP contribution >= 0.6 is 0 Å². The molecule has 0 unspecified atom stereocenters. The Bertz CT molecular complexity index is 365. The zero-order valence-corrected chi connectivity index (χ0v) is 11.3. The molecule has 0 heterocycles. The van der Waals surface area contributed by atoms with Crippen molar-refractivity contribution in [2.45, 2.75) is 19.6 Å². The van der Waals surface area contributed by atoms with Gasteiger partial charge in [0.05, 0.1) is 13.2 Å². The lowest BCUT2D eigenvalue weighted by molar-refractivity contribution is -0.120. The molecule has 0 atom stereocenters. The Morgan fingerprint density at radius 2 is 1.95 bits per heavy atom. The average Bonchev–Trinajstić information content (AvgIpc) is 2.44. The summed E-state index contributed by atoms with van der Waals surface area (Å²) in [5.74, 6) is -0.0110. The van der Waals surface area contributed by atoms with Crippen molar-refractivity contribution in [2.24, 2.45) is 0 Å². The standard InChI is InChI=1S/C14H22N2O3/c1-19-8-2-7-16-14(18)10-15-9-12-3-5-13(11-17)6-4-12/h3-6,15,17H,2,7-11H2,1H3,(H,16,18). The van der Waals surface area contributed by atoms with E-state index in [4.69, 9.17) is 9.84 Å². The second-order valence-corrected chi connectivity index (χ2v) is 4.27. The first-order valence-corrected chi connectivity index (χ1v) is 6.41. The van der Waals surface area contributed by atoms with Crippen LogP contribution in [0.3, 0.4) is 0 Å². The number of hydrogen-bond acceptors (Lipinski definition) is 4. The highest BCUT2D eigenvalue weighted by atomic mass is 16.5. The van der Waals surface area contributed by atoms with Gasteiger partial charge in [-0.25, -0.2) is 0 Å². The highest BCUT2D eigenvalue weighted by molar-refractivity contribution is 5.77. The van der Waals surface area contributed by atoms with Crippen LogP contribution in [-0.2, 0) is 22.7 Å². The molecule has 0 radical (unpaired) electrons. The van der Waals surface area contributed by atoms with Gasteiger partial charge in [0.25, 0.3) is 0 Å². The van der Waals surface area contributed by atoms with Gasteiger partial charge in [0, 0.05) is 26.8 Å². The van der Waals surface area contributed by atoms with Crippen molar-refractivity contribution in [3.05, 3.63) is 35.4 Å². The SMILES string of the molecule is COCCCNC(=O)CNCc1ccc(CO)cc1. The van der Waals surface area contributed by atoms with Gasteiger partial charge in [-0.05, 0) is 17.5 Å². The fourth-order valence-corrected chi connectivity index (χ4v) is 1.59. The highest BCUT2D eigenvalue weighted by Crippen LogP contribution is 2.03. The van der Waals surface area contributed by atoms with Crippen molar-refractivity contribution in [3.8, 4) is 0 Å². The van der Waals surface area contributed by atoms with Crippen LogP contribution in [0.5, 0.6) is 0 Å². The minimum atomic E-state index is -0.0110. The number of methoxy groups -OCH3 is 1. The summed E-state index contributed by atoms with van der Waals surface area (Å²) in [5.41, 5.74) is 1.98. The van der Waals surface area contributed by atoms with E-state index < -0.39 is 0 Å². The molecule has 106 valence electrons. The predicted octanol–water partition coefficient (Wildman–Crippen LogP) is 0.421. The molecule has 3 N–H and O–H groups in total. The van der Waals surface area contributed by atoms with Crippen LogP contribution in [0.4, 0.5) is 0 Å². The van der Waals surface area contributed by atoms with Crippen LogP contribution in [-0.4, -0.2) is 37.8 Å². The van der Waals surface area contributed by atoms with Gasteiger partial charge < -0.3 is 20.5 Å². The Labute approximate surface area is 114 Å². The maximum Gasteiger partial charge on any atom is 0.233 e. The second-order valence-electron chi connectivity index (χ2n) is 4.27. The topological polar surface area (TPSA) is 70.6 Å². The largest absolute Gasteiger partial charge is 0.392 e. The molecule has 1 rings (SSSR count). The van der Waals surface area contributed by atoms with Gasteiger partial charge in [0.15, 0.2) is 0 Å². The third kappa shape index (κ3) is 6.91. The summed E-state index contributed by atoms with van der Waals surface area (Å²) in [7, 11) is 1.64. The van der Waals surface area contributed by atoms with Gasteiger partial charge in [-0.15, -0.1) is 0 Å². The second kappa shape index (κ2) is 9.49. The molecule has 0 saturated heterocycles. The van der Waals surface area contributed by atoms with E-state index in [-0.39, 0.29) is 12.5 Å². The van der Waals surface area contributed by atoms with E-state index in [2.05, 4.69) is 10.6 Å². The van der Waals surface area contributed by atoms with E-state index in [1.165, 1.54) is 0 Å². The summed E-state index contributed by atoms with van der Waals surface area (Å²) in [6.45, 7) is 2.29. The molecule has 0 spiro atoms. The van der Waals surface area contributed by atoms with Crippen LogP contribution in [0.2, 0.25) is 0 Å². The molecule has 0 bridgehead atoms. The third-order valence-electron chi connectivity index (χ3n) is 2.67. The van der Waals surface area contributed by atoms with E-state index in [1.54, 1.807) is 7.11 Å². The Balaban J connectivity index is 2.13. The summed E-state index contributed by atoms with van der Waals surface area (Å²) in [6, 6.07) is 7.63. The zero-order chi connectivity index (χ0) is 13.9. The highest BCUT2D eigenvalue weighted by Gasteiger charge is 2.00. The molecule has 1 amide bonds. The normalized spacial score (nSPS) is 10.4. The summed E-state index contributed by atoms with van der Waals surface area (Å²) >= 11 is 0. The Hall–Kier alpha value is -1.43. The van der Waals surface area contributed by atoms with Gasteiger partial charge in [-0.2, -0.15) is 0 Å². The molecule has 5 heteroatoms. The van der Waals surface area contributed by atoms with E-state index in [0.29, 0.717) is 26.2 Å². The van der Waals surface area contributed by atoms with Gasteiger partial charge in [0.1, 0.15) is 0 Å².